The Balaban J connectivity index is 2.23. The average molecular weight is 224 g/mol. The summed E-state index contributed by atoms with van der Waals surface area (Å²) in [6.07, 6.45) is 0.241. The molecule has 0 aliphatic heterocycles. The maximum atomic E-state index is 8.65. The Labute approximate surface area is 94.7 Å². The summed E-state index contributed by atoms with van der Waals surface area (Å²) in [5, 5.41) is 13.8. The van der Waals surface area contributed by atoms with Crippen molar-refractivity contribution >= 4 is 11.3 Å². The Morgan fingerprint density at radius 3 is 3.07 bits per heavy atom. The van der Waals surface area contributed by atoms with Gasteiger partial charge in [-0.3, -0.25) is 0 Å². The minimum Gasteiger partial charge on any atom is -0.377 e. The molecule has 1 heterocycles. The maximum absolute atomic E-state index is 8.65. The molecule has 15 heavy (non-hydrogen) atoms. The lowest BCUT2D eigenvalue weighted by Crippen LogP contribution is -2.26. The fourth-order valence-electron chi connectivity index (χ4n) is 1.27. The lowest BCUT2D eigenvalue weighted by Gasteiger charge is -2.11. The molecule has 1 rings (SSSR count). The number of hydrogen-bond acceptors (Lipinski definition) is 4. The van der Waals surface area contributed by atoms with Crippen LogP contribution in [0.15, 0.2) is 11.4 Å². The first-order chi connectivity index (χ1) is 7.26. The van der Waals surface area contributed by atoms with Crippen molar-refractivity contribution in [2.24, 2.45) is 0 Å². The van der Waals surface area contributed by atoms with Gasteiger partial charge in [0.05, 0.1) is 11.7 Å². The van der Waals surface area contributed by atoms with Gasteiger partial charge in [0.2, 0.25) is 0 Å². The normalized spacial score (nSPS) is 12.3. The molecule has 0 fully saturated rings. The highest BCUT2D eigenvalue weighted by Crippen LogP contribution is 2.13. The van der Waals surface area contributed by atoms with Crippen LogP contribution in [0.4, 0.5) is 0 Å². The standard InChI is InChI=1S/C11H16N2OS/c1-3-14-9(2)6-13-7-11-4-10(5-12)8-15-11/h4,8-9,13H,3,6-7H2,1-2H3. The molecular weight excluding hydrogens is 208 g/mol. The zero-order valence-corrected chi connectivity index (χ0v) is 9.93. The number of rotatable bonds is 6. The molecule has 0 aliphatic rings. The van der Waals surface area contributed by atoms with Crippen molar-refractivity contribution in [3.8, 4) is 6.07 Å². The van der Waals surface area contributed by atoms with Gasteiger partial charge >= 0.3 is 0 Å². The quantitative estimate of drug-likeness (QED) is 0.805. The second-order valence-corrected chi connectivity index (χ2v) is 4.31. The van der Waals surface area contributed by atoms with Crippen LogP contribution in [0.2, 0.25) is 0 Å². The predicted molar refractivity (Wildman–Crippen MR) is 61.8 cm³/mol. The van der Waals surface area contributed by atoms with Crippen LogP contribution in [-0.2, 0) is 11.3 Å². The van der Waals surface area contributed by atoms with Crippen LogP contribution in [0.5, 0.6) is 0 Å². The van der Waals surface area contributed by atoms with E-state index in [1.165, 1.54) is 4.88 Å². The molecular formula is C11H16N2OS. The van der Waals surface area contributed by atoms with E-state index in [-0.39, 0.29) is 6.10 Å². The third-order valence-electron chi connectivity index (χ3n) is 1.97. The fourth-order valence-corrected chi connectivity index (χ4v) is 2.05. The summed E-state index contributed by atoms with van der Waals surface area (Å²) in [6, 6.07) is 4.04. The molecule has 0 aliphatic carbocycles. The molecule has 1 unspecified atom stereocenters. The van der Waals surface area contributed by atoms with E-state index in [1.54, 1.807) is 11.3 Å². The summed E-state index contributed by atoms with van der Waals surface area (Å²) in [4.78, 5) is 1.19. The Bertz CT molecular complexity index is 330. The molecule has 3 nitrogen and oxygen atoms in total. The molecule has 0 bridgehead atoms. The highest BCUT2D eigenvalue weighted by atomic mass is 32.1. The molecule has 82 valence electrons. The van der Waals surface area contributed by atoms with Crippen LogP contribution < -0.4 is 5.32 Å². The summed E-state index contributed by atoms with van der Waals surface area (Å²) < 4.78 is 5.39. The van der Waals surface area contributed by atoms with Gasteiger partial charge in [-0.2, -0.15) is 5.26 Å². The van der Waals surface area contributed by atoms with Crippen molar-refractivity contribution in [1.82, 2.24) is 5.32 Å². The highest BCUT2D eigenvalue weighted by Gasteiger charge is 2.01. The van der Waals surface area contributed by atoms with Crippen molar-refractivity contribution < 1.29 is 4.74 Å². The van der Waals surface area contributed by atoms with Crippen LogP contribution >= 0.6 is 11.3 Å². The average Bonchev–Trinajstić information content (AvgIpc) is 2.66. The zero-order chi connectivity index (χ0) is 11.1. The summed E-state index contributed by atoms with van der Waals surface area (Å²) in [7, 11) is 0. The molecule has 1 atom stereocenters. The van der Waals surface area contributed by atoms with Crippen LogP contribution in [0.1, 0.15) is 24.3 Å². The monoisotopic (exact) mass is 224 g/mol. The predicted octanol–water partition coefficient (Wildman–Crippen LogP) is 2.13. The van der Waals surface area contributed by atoms with E-state index >= 15 is 0 Å². The minimum atomic E-state index is 0.241. The number of hydrogen-bond donors (Lipinski definition) is 1. The van der Waals surface area contributed by atoms with Gasteiger partial charge in [0.15, 0.2) is 0 Å². The third-order valence-corrected chi connectivity index (χ3v) is 2.90. The van der Waals surface area contributed by atoms with Gasteiger partial charge < -0.3 is 10.1 Å². The topological polar surface area (TPSA) is 45.0 Å². The van der Waals surface area contributed by atoms with Crippen LogP contribution in [-0.4, -0.2) is 19.3 Å². The Kier molecular flexibility index (Phi) is 5.33. The van der Waals surface area contributed by atoms with Gasteiger partial charge in [-0.1, -0.05) is 0 Å². The summed E-state index contributed by atoms with van der Waals surface area (Å²) in [6.45, 7) is 6.44. The molecule has 1 N–H and O–H groups in total. The molecule has 1 aromatic rings. The van der Waals surface area contributed by atoms with Crippen molar-refractivity contribution in [1.29, 1.82) is 5.26 Å². The third kappa shape index (κ3) is 4.43. The van der Waals surface area contributed by atoms with Crippen molar-refractivity contribution in [3.05, 3.63) is 21.9 Å². The van der Waals surface area contributed by atoms with Crippen LogP contribution in [0, 0.1) is 11.3 Å². The smallest absolute Gasteiger partial charge is 0.100 e. The first-order valence-corrected chi connectivity index (χ1v) is 5.94. The molecule has 4 heteroatoms. The van der Waals surface area contributed by atoms with E-state index in [9.17, 15) is 0 Å². The molecule has 0 amide bonds. The van der Waals surface area contributed by atoms with Gasteiger partial charge in [-0.05, 0) is 19.9 Å². The first-order valence-electron chi connectivity index (χ1n) is 5.06. The van der Waals surface area contributed by atoms with Gasteiger partial charge in [0.1, 0.15) is 6.07 Å². The molecule has 0 saturated heterocycles. The van der Waals surface area contributed by atoms with E-state index < -0.39 is 0 Å². The van der Waals surface area contributed by atoms with E-state index in [1.807, 2.05) is 25.3 Å². The number of ether oxygens (including phenoxy) is 1. The van der Waals surface area contributed by atoms with Gasteiger partial charge in [-0.25, -0.2) is 0 Å². The van der Waals surface area contributed by atoms with E-state index in [0.717, 1.165) is 25.3 Å². The van der Waals surface area contributed by atoms with Gasteiger partial charge in [0, 0.05) is 30.0 Å². The molecule has 0 saturated carbocycles. The fraction of sp³-hybridized carbons (Fsp3) is 0.545. The minimum absolute atomic E-state index is 0.241. The lowest BCUT2D eigenvalue weighted by atomic mass is 10.3. The Morgan fingerprint density at radius 2 is 2.47 bits per heavy atom. The number of nitrogens with one attached hydrogen (secondary N) is 1. The maximum Gasteiger partial charge on any atom is 0.100 e. The number of nitriles is 1. The van der Waals surface area contributed by atoms with E-state index in [2.05, 4.69) is 11.4 Å². The van der Waals surface area contributed by atoms with Crippen LogP contribution in [0.3, 0.4) is 0 Å². The largest absolute Gasteiger partial charge is 0.377 e. The SMILES string of the molecule is CCOC(C)CNCc1cc(C#N)cs1. The summed E-state index contributed by atoms with van der Waals surface area (Å²) in [5.74, 6) is 0. The Hall–Kier alpha value is -0.890. The van der Waals surface area contributed by atoms with Crippen molar-refractivity contribution in [2.75, 3.05) is 13.2 Å². The second-order valence-electron chi connectivity index (χ2n) is 3.31. The number of thiophene rings is 1. The second kappa shape index (κ2) is 6.57. The number of nitrogens with zero attached hydrogens (tertiary/aromatic N) is 1. The van der Waals surface area contributed by atoms with Gasteiger partial charge in [0.25, 0.3) is 0 Å². The Morgan fingerprint density at radius 1 is 1.67 bits per heavy atom. The van der Waals surface area contributed by atoms with Crippen molar-refractivity contribution in [3.63, 3.8) is 0 Å². The lowest BCUT2D eigenvalue weighted by molar-refractivity contribution is 0.0760. The van der Waals surface area contributed by atoms with Gasteiger partial charge in [-0.15, -0.1) is 11.3 Å². The van der Waals surface area contributed by atoms with Crippen LogP contribution in [0.25, 0.3) is 0 Å². The zero-order valence-electron chi connectivity index (χ0n) is 9.12. The highest BCUT2D eigenvalue weighted by molar-refractivity contribution is 7.10. The molecule has 0 spiro atoms. The first kappa shape index (κ1) is 12.2. The summed E-state index contributed by atoms with van der Waals surface area (Å²) >= 11 is 1.61. The van der Waals surface area contributed by atoms with E-state index in [4.69, 9.17) is 10.00 Å². The molecule has 1 aromatic heterocycles. The summed E-state index contributed by atoms with van der Waals surface area (Å²) in [5.41, 5.74) is 0.745. The van der Waals surface area contributed by atoms with E-state index in [0.29, 0.717) is 0 Å². The molecule has 0 radical (unpaired) electrons. The van der Waals surface area contributed by atoms with Crippen molar-refractivity contribution in [2.45, 2.75) is 26.5 Å². The molecule has 0 aromatic carbocycles.